The van der Waals surface area contributed by atoms with Gasteiger partial charge in [0.05, 0.1) is 11.4 Å². The number of hydrogen-bond donors (Lipinski definition) is 2. The molecule has 130 valence electrons. The van der Waals surface area contributed by atoms with E-state index in [1.165, 1.54) is 18.2 Å². The van der Waals surface area contributed by atoms with Crippen molar-refractivity contribution < 1.29 is 9.59 Å². The standard InChI is InChI=1S/C18H25N3O2S/c1-12-7-13(2)10-21(9-12)6-5-19-18(23)14-3-4-16-15(8-14)20-17(22)11-24-16/h3-4,8,12-13H,5-7,9-11H2,1-2H3,(H,19,23)(H,20,22)/t12-,13-/m0/s1. The molecule has 0 unspecified atom stereocenters. The van der Waals surface area contributed by atoms with Crippen molar-refractivity contribution in [1.82, 2.24) is 10.2 Å². The molecule has 0 aromatic heterocycles. The normalized spacial score (nSPS) is 24.2. The number of carbonyl (C=O) groups is 2. The van der Waals surface area contributed by atoms with Gasteiger partial charge in [0.2, 0.25) is 5.91 Å². The molecule has 2 N–H and O–H groups in total. The molecule has 2 aliphatic rings. The number of fused-ring (bicyclic) bond motifs is 1. The molecule has 2 aliphatic heterocycles. The third-order valence-corrected chi connectivity index (χ3v) is 5.61. The fourth-order valence-corrected chi connectivity index (χ4v) is 4.42. The minimum atomic E-state index is -0.0827. The Hall–Kier alpha value is -1.53. The quantitative estimate of drug-likeness (QED) is 0.878. The molecule has 1 fully saturated rings. The zero-order valence-electron chi connectivity index (χ0n) is 14.3. The number of hydrogen-bond acceptors (Lipinski definition) is 4. The molecule has 3 rings (SSSR count). The van der Waals surface area contributed by atoms with Crippen molar-refractivity contribution in [1.29, 1.82) is 0 Å². The molecule has 0 bridgehead atoms. The Balaban J connectivity index is 1.52. The molecule has 2 heterocycles. The van der Waals surface area contributed by atoms with Crippen LogP contribution in [-0.2, 0) is 4.79 Å². The average Bonchev–Trinajstić information content (AvgIpc) is 2.53. The van der Waals surface area contributed by atoms with Crippen molar-refractivity contribution in [2.24, 2.45) is 11.8 Å². The Morgan fingerprint density at radius 2 is 2.08 bits per heavy atom. The van der Waals surface area contributed by atoms with E-state index in [2.05, 4.69) is 29.4 Å². The number of rotatable bonds is 4. The van der Waals surface area contributed by atoms with Gasteiger partial charge >= 0.3 is 0 Å². The van der Waals surface area contributed by atoms with Gasteiger partial charge in [0.25, 0.3) is 5.91 Å². The molecule has 0 saturated carbocycles. The fourth-order valence-electron chi connectivity index (χ4n) is 3.63. The third-order valence-electron chi connectivity index (χ3n) is 4.53. The first-order valence-corrected chi connectivity index (χ1v) is 9.57. The molecule has 6 heteroatoms. The number of likely N-dealkylation sites (tertiary alicyclic amines) is 1. The second kappa shape index (κ2) is 7.57. The van der Waals surface area contributed by atoms with Gasteiger partial charge in [-0.05, 0) is 36.5 Å². The van der Waals surface area contributed by atoms with Crippen molar-refractivity contribution in [2.75, 3.05) is 37.2 Å². The van der Waals surface area contributed by atoms with Gasteiger partial charge in [0.15, 0.2) is 0 Å². The van der Waals surface area contributed by atoms with Gasteiger partial charge in [-0.2, -0.15) is 0 Å². The van der Waals surface area contributed by atoms with E-state index in [4.69, 9.17) is 0 Å². The number of anilines is 1. The summed E-state index contributed by atoms with van der Waals surface area (Å²) < 4.78 is 0. The predicted molar refractivity (Wildman–Crippen MR) is 97.5 cm³/mol. The van der Waals surface area contributed by atoms with E-state index in [0.717, 1.165) is 42.1 Å². The molecule has 5 nitrogen and oxygen atoms in total. The summed E-state index contributed by atoms with van der Waals surface area (Å²) >= 11 is 1.50. The molecule has 0 spiro atoms. The highest BCUT2D eigenvalue weighted by Crippen LogP contribution is 2.31. The van der Waals surface area contributed by atoms with E-state index in [-0.39, 0.29) is 11.8 Å². The van der Waals surface area contributed by atoms with E-state index in [9.17, 15) is 9.59 Å². The zero-order valence-corrected chi connectivity index (χ0v) is 15.1. The smallest absolute Gasteiger partial charge is 0.251 e. The van der Waals surface area contributed by atoms with Gasteiger partial charge in [0.1, 0.15) is 0 Å². The molecule has 2 atom stereocenters. The third kappa shape index (κ3) is 4.30. The van der Waals surface area contributed by atoms with E-state index in [1.807, 2.05) is 12.1 Å². The first-order chi connectivity index (χ1) is 11.5. The Morgan fingerprint density at radius 3 is 2.83 bits per heavy atom. The second-order valence-electron chi connectivity index (χ2n) is 7.01. The van der Waals surface area contributed by atoms with Crippen LogP contribution in [0.2, 0.25) is 0 Å². The minimum Gasteiger partial charge on any atom is -0.351 e. The molecule has 2 amide bonds. The highest BCUT2D eigenvalue weighted by Gasteiger charge is 2.21. The summed E-state index contributed by atoms with van der Waals surface area (Å²) in [6, 6.07) is 5.49. The van der Waals surface area contributed by atoms with Crippen LogP contribution in [0.3, 0.4) is 0 Å². The lowest BCUT2D eigenvalue weighted by atomic mass is 9.92. The number of thioether (sulfide) groups is 1. The summed E-state index contributed by atoms with van der Waals surface area (Å²) in [7, 11) is 0. The van der Waals surface area contributed by atoms with E-state index in [0.29, 0.717) is 17.9 Å². The van der Waals surface area contributed by atoms with Gasteiger partial charge in [0, 0.05) is 36.6 Å². The van der Waals surface area contributed by atoms with Gasteiger partial charge < -0.3 is 15.5 Å². The van der Waals surface area contributed by atoms with Crippen LogP contribution < -0.4 is 10.6 Å². The predicted octanol–water partition coefficient (Wildman–Crippen LogP) is 2.44. The number of carbonyl (C=O) groups excluding carboxylic acids is 2. The van der Waals surface area contributed by atoms with Crippen LogP contribution in [0.5, 0.6) is 0 Å². The average molecular weight is 347 g/mol. The van der Waals surface area contributed by atoms with Crippen molar-refractivity contribution in [3.8, 4) is 0 Å². The lowest BCUT2D eigenvalue weighted by molar-refractivity contribution is -0.113. The molecule has 1 saturated heterocycles. The van der Waals surface area contributed by atoms with E-state index in [1.54, 1.807) is 6.07 Å². The van der Waals surface area contributed by atoms with Crippen LogP contribution in [-0.4, -0.2) is 48.6 Å². The monoisotopic (exact) mass is 347 g/mol. The van der Waals surface area contributed by atoms with Crippen molar-refractivity contribution in [3.63, 3.8) is 0 Å². The summed E-state index contributed by atoms with van der Waals surface area (Å²) in [6.45, 7) is 8.35. The van der Waals surface area contributed by atoms with Crippen LogP contribution in [0, 0.1) is 11.8 Å². The lowest BCUT2D eigenvalue weighted by Gasteiger charge is -2.34. The minimum absolute atomic E-state index is 0.0154. The highest BCUT2D eigenvalue weighted by atomic mass is 32.2. The van der Waals surface area contributed by atoms with Gasteiger partial charge in [-0.25, -0.2) is 0 Å². The Bertz CT molecular complexity index is 625. The van der Waals surface area contributed by atoms with Crippen LogP contribution in [0.15, 0.2) is 23.1 Å². The van der Waals surface area contributed by atoms with Crippen LogP contribution in [0.25, 0.3) is 0 Å². The fraction of sp³-hybridized carbons (Fsp3) is 0.556. The summed E-state index contributed by atoms with van der Waals surface area (Å²) in [5.41, 5.74) is 1.33. The maximum absolute atomic E-state index is 12.3. The first kappa shape index (κ1) is 17.3. The lowest BCUT2D eigenvalue weighted by Crippen LogP contribution is -2.42. The molecule has 0 radical (unpaired) electrons. The topological polar surface area (TPSA) is 61.4 Å². The SMILES string of the molecule is C[C@H]1C[C@H](C)CN(CCNC(=O)c2ccc3c(c2)NC(=O)CS3)C1. The highest BCUT2D eigenvalue weighted by molar-refractivity contribution is 8.00. The van der Waals surface area contributed by atoms with Crippen LogP contribution >= 0.6 is 11.8 Å². The van der Waals surface area contributed by atoms with Crippen molar-refractivity contribution in [2.45, 2.75) is 25.2 Å². The number of piperidine rings is 1. The number of amides is 2. The van der Waals surface area contributed by atoms with Gasteiger partial charge in [-0.3, -0.25) is 9.59 Å². The Kier molecular flexibility index (Phi) is 5.46. The molecular weight excluding hydrogens is 322 g/mol. The van der Waals surface area contributed by atoms with Gasteiger partial charge in [-0.15, -0.1) is 11.8 Å². The van der Waals surface area contributed by atoms with Gasteiger partial charge in [-0.1, -0.05) is 13.8 Å². The summed E-state index contributed by atoms with van der Waals surface area (Å²) in [5.74, 6) is 1.79. The van der Waals surface area contributed by atoms with Crippen molar-refractivity contribution >= 4 is 29.3 Å². The molecule has 24 heavy (non-hydrogen) atoms. The maximum Gasteiger partial charge on any atom is 0.251 e. The maximum atomic E-state index is 12.3. The number of benzene rings is 1. The number of nitrogens with zero attached hydrogens (tertiary/aromatic N) is 1. The van der Waals surface area contributed by atoms with Crippen LogP contribution in [0.1, 0.15) is 30.6 Å². The van der Waals surface area contributed by atoms with Crippen molar-refractivity contribution in [3.05, 3.63) is 23.8 Å². The first-order valence-electron chi connectivity index (χ1n) is 8.58. The molecule has 1 aromatic rings. The Labute approximate surface area is 147 Å². The molecular formula is C18H25N3O2S. The summed E-state index contributed by atoms with van der Waals surface area (Å²) in [5, 5.41) is 5.82. The Morgan fingerprint density at radius 1 is 1.33 bits per heavy atom. The molecule has 0 aliphatic carbocycles. The van der Waals surface area contributed by atoms with E-state index >= 15 is 0 Å². The zero-order chi connectivity index (χ0) is 17.1. The van der Waals surface area contributed by atoms with E-state index < -0.39 is 0 Å². The second-order valence-corrected chi connectivity index (χ2v) is 8.03. The summed E-state index contributed by atoms with van der Waals surface area (Å²) in [4.78, 5) is 27.3. The number of nitrogens with one attached hydrogen (secondary N) is 2. The van der Waals surface area contributed by atoms with Crippen LogP contribution in [0.4, 0.5) is 5.69 Å². The molecule has 1 aromatic carbocycles. The summed E-state index contributed by atoms with van der Waals surface area (Å²) in [6.07, 6.45) is 1.29. The largest absolute Gasteiger partial charge is 0.351 e.